The number of hydrogen-bond donors (Lipinski definition) is 0. The van der Waals surface area contributed by atoms with E-state index < -0.39 is 0 Å². The third-order valence-corrected chi connectivity index (χ3v) is 4.07. The lowest BCUT2D eigenvalue weighted by molar-refractivity contribution is 0.0711. The van der Waals surface area contributed by atoms with Crippen molar-refractivity contribution in [1.82, 2.24) is 14.5 Å². The van der Waals surface area contributed by atoms with Crippen LogP contribution in [0.5, 0.6) is 0 Å². The summed E-state index contributed by atoms with van der Waals surface area (Å²) in [5.74, 6) is 0.544. The summed E-state index contributed by atoms with van der Waals surface area (Å²) in [5.41, 5.74) is 1.59. The number of carbonyl (C=O) groups is 1. The van der Waals surface area contributed by atoms with Gasteiger partial charge in [0.05, 0.1) is 6.04 Å². The molecular weight excluding hydrogens is 282 g/mol. The van der Waals surface area contributed by atoms with Crippen LogP contribution < -0.4 is 0 Å². The molecule has 2 rings (SSSR count). The Morgan fingerprint density at radius 3 is 2.52 bits per heavy atom. The molecule has 2 aromatic rings. The third kappa shape index (κ3) is 4.11. The second-order valence-electron chi connectivity index (χ2n) is 5.60. The van der Waals surface area contributed by atoms with Crippen molar-refractivity contribution in [3.63, 3.8) is 0 Å². The molecular formula is C16H21N3OS. The lowest BCUT2D eigenvalue weighted by Gasteiger charge is -2.28. The molecule has 0 saturated carbocycles. The summed E-state index contributed by atoms with van der Waals surface area (Å²) < 4.78 is 3.78. The van der Waals surface area contributed by atoms with E-state index in [2.05, 4.69) is 35.6 Å². The molecule has 1 unspecified atom stereocenters. The standard InChI is InChI=1S/C16H21N3OS/c1-12(2)9-10-15(13-7-5-4-6-8-13)19(3)16(20)14-11-21-18-17-14/h4-8,11-12,15H,9-10H2,1-3H3. The van der Waals surface area contributed by atoms with E-state index >= 15 is 0 Å². The van der Waals surface area contributed by atoms with E-state index in [0.29, 0.717) is 11.6 Å². The van der Waals surface area contributed by atoms with Crippen LogP contribution in [0.1, 0.15) is 48.8 Å². The Balaban J connectivity index is 2.20. The number of hydrogen-bond acceptors (Lipinski definition) is 4. The Kier molecular flexibility index (Phi) is 5.44. The van der Waals surface area contributed by atoms with Crippen molar-refractivity contribution in [2.45, 2.75) is 32.7 Å². The highest BCUT2D eigenvalue weighted by Gasteiger charge is 2.24. The molecule has 1 amide bonds. The van der Waals surface area contributed by atoms with Crippen LogP contribution in [-0.2, 0) is 0 Å². The Morgan fingerprint density at radius 2 is 1.95 bits per heavy atom. The predicted octanol–water partition coefficient (Wildman–Crippen LogP) is 3.79. The van der Waals surface area contributed by atoms with Crippen LogP contribution in [0.25, 0.3) is 0 Å². The molecule has 1 aromatic carbocycles. The first kappa shape index (κ1) is 15.6. The summed E-state index contributed by atoms with van der Waals surface area (Å²) in [6.07, 6.45) is 2.02. The highest BCUT2D eigenvalue weighted by Crippen LogP contribution is 2.27. The number of aromatic nitrogens is 2. The second kappa shape index (κ2) is 7.31. The van der Waals surface area contributed by atoms with Crippen LogP contribution in [0.3, 0.4) is 0 Å². The molecule has 112 valence electrons. The molecule has 0 aliphatic heterocycles. The van der Waals surface area contributed by atoms with Gasteiger partial charge in [-0.25, -0.2) is 0 Å². The molecule has 0 saturated heterocycles. The summed E-state index contributed by atoms with van der Waals surface area (Å²) in [5, 5.41) is 5.58. The predicted molar refractivity (Wildman–Crippen MR) is 85.3 cm³/mol. The number of nitrogens with zero attached hydrogens (tertiary/aromatic N) is 3. The molecule has 1 atom stereocenters. The molecule has 0 bridgehead atoms. The van der Waals surface area contributed by atoms with E-state index in [1.54, 1.807) is 10.3 Å². The molecule has 5 heteroatoms. The van der Waals surface area contributed by atoms with Gasteiger partial charge in [-0.15, -0.1) is 5.10 Å². The van der Waals surface area contributed by atoms with Crippen molar-refractivity contribution < 1.29 is 4.79 Å². The first-order valence-electron chi connectivity index (χ1n) is 7.18. The molecule has 1 aromatic heterocycles. The van der Waals surface area contributed by atoms with E-state index in [4.69, 9.17) is 0 Å². The zero-order valence-electron chi connectivity index (χ0n) is 12.7. The summed E-state index contributed by atoms with van der Waals surface area (Å²) >= 11 is 1.20. The van der Waals surface area contributed by atoms with Crippen LogP contribution in [0.15, 0.2) is 35.7 Å². The summed E-state index contributed by atoms with van der Waals surface area (Å²) in [7, 11) is 1.85. The van der Waals surface area contributed by atoms with Gasteiger partial charge in [-0.2, -0.15) is 0 Å². The number of amides is 1. The van der Waals surface area contributed by atoms with Crippen molar-refractivity contribution in [2.75, 3.05) is 7.05 Å². The SMILES string of the molecule is CC(C)CCC(c1ccccc1)N(C)C(=O)c1csnn1. The third-order valence-electron chi connectivity index (χ3n) is 3.57. The normalized spacial score (nSPS) is 12.4. The molecule has 21 heavy (non-hydrogen) atoms. The average molecular weight is 303 g/mol. The van der Waals surface area contributed by atoms with Gasteiger partial charge in [0, 0.05) is 12.4 Å². The van der Waals surface area contributed by atoms with Crippen molar-refractivity contribution >= 4 is 17.4 Å². The molecule has 0 aliphatic carbocycles. The van der Waals surface area contributed by atoms with E-state index in [0.717, 1.165) is 18.4 Å². The molecule has 0 radical (unpaired) electrons. The average Bonchev–Trinajstić information content (AvgIpc) is 3.01. The highest BCUT2D eigenvalue weighted by atomic mass is 32.1. The maximum Gasteiger partial charge on any atom is 0.275 e. The van der Waals surface area contributed by atoms with Gasteiger partial charge in [-0.1, -0.05) is 48.7 Å². The minimum atomic E-state index is -0.0682. The van der Waals surface area contributed by atoms with Crippen LogP contribution in [-0.4, -0.2) is 27.4 Å². The molecule has 1 heterocycles. The highest BCUT2D eigenvalue weighted by molar-refractivity contribution is 7.03. The Morgan fingerprint density at radius 1 is 1.24 bits per heavy atom. The van der Waals surface area contributed by atoms with Crippen LogP contribution in [0.4, 0.5) is 0 Å². The van der Waals surface area contributed by atoms with E-state index in [1.165, 1.54) is 11.5 Å². The second-order valence-corrected chi connectivity index (χ2v) is 6.21. The van der Waals surface area contributed by atoms with Gasteiger partial charge in [-0.05, 0) is 35.9 Å². The van der Waals surface area contributed by atoms with Gasteiger partial charge < -0.3 is 4.90 Å². The summed E-state index contributed by atoms with van der Waals surface area (Å²) in [6.45, 7) is 4.41. The van der Waals surface area contributed by atoms with Crippen LogP contribution >= 0.6 is 11.5 Å². The smallest absolute Gasteiger partial charge is 0.275 e. The lowest BCUT2D eigenvalue weighted by atomic mass is 9.96. The first-order chi connectivity index (χ1) is 10.1. The summed E-state index contributed by atoms with van der Waals surface area (Å²) in [4.78, 5) is 14.3. The molecule has 0 N–H and O–H groups in total. The Hall–Kier alpha value is -1.75. The summed E-state index contributed by atoms with van der Waals surface area (Å²) in [6, 6.07) is 10.3. The fourth-order valence-electron chi connectivity index (χ4n) is 2.33. The fourth-order valence-corrected chi connectivity index (χ4v) is 2.76. The van der Waals surface area contributed by atoms with E-state index in [-0.39, 0.29) is 11.9 Å². The molecule has 4 nitrogen and oxygen atoms in total. The van der Waals surface area contributed by atoms with Crippen molar-refractivity contribution in [3.05, 3.63) is 47.0 Å². The molecule has 0 aliphatic rings. The lowest BCUT2D eigenvalue weighted by Crippen LogP contribution is -2.31. The van der Waals surface area contributed by atoms with Gasteiger partial charge in [0.25, 0.3) is 5.91 Å². The molecule has 0 fully saturated rings. The zero-order valence-corrected chi connectivity index (χ0v) is 13.5. The number of benzene rings is 1. The van der Waals surface area contributed by atoms with Gasteiger partial charge in [0.1, 0.15) is 0 Å². The van der Waals surface area contributed by atoms with Crippen LogP contribution in [0, 0.1) is 5.92 Å². The number of carbonyl (C=O) groups excluding carboxylic acids is 1. The maximum atomic E-state index is 12.5. The number of rotatable bonds is 6. The van der Waals surface area contributed by atoms with Crippen molar-refractivity contribution in [1.29, 1.82) is 0 Å². The minimum Gasteiger partial charge on any atom is -0.333 e. The van der Waals surface area contributed by atoms with Crippen LogP contribution in [0.2, 0.25) is 0 Å². The van der Waals surface area contributed by atoms with Gasteiger partial charge in [-0.3, -0.25) is 4.79 Å². The zero-order chi connectivity index (χ0) is 15.2. The molecule has 0 spiro atoms. The fraction of sp³-hybridized carbons (Fsp3) is 0.438. The van der Waals surface area contributed by atoms with Crippen molar-refractivity contribution in [3.8, 4) is 0 Å². The van der Waals surface area contributed by atoms with E-state index in [1.807, 2.05) is 25.2 Å². The monoisotopic (exact) mass is 303 g/mol. The van der Waals surface area contributed by atoms with Gasteiger partial charge >= 0.3 is 0 Å². The van der Waals surface area contributed by atoms with Crippen molar-refractivity contribution in [2.24, 2.45) is 5.92 Å². The van der Waals surface area contributed by atoms with Gasteiger partial charge in [0.2, 0.25) is 0 Å². The Bertz CT molecular complexity index is 554. The van der Waals surface area contributed by atoms with E-state index in [9.17, 15) is 4.79 Å². The largest absolute Gasteiger partial charge is 0.333 e. The van der Waals surface area contributed by atoms with Gasteiger partial charge in [0.15, 0.2) is 5.69 Å². The first-order valence-corrected chi connectivity index (χ1v) is 8.02. The topological polar surface area (TPSA) is 46.1 Å². The Labute approximate surface area is 130 Å². The maximum absolute atomic E-state index is 12.5. The quantitative estimate of drug-likeness (QED) is 0.815. The minimum absolute atomic E-state index is 0.0682.